The molecular weight excluding hydrogens is 486 g/mol. The highest BCUT2D eigenvalue weighted by molar-refractivity contribution is 6.31. The molecule has 192 valence electrons. The van der Waals surface area contributed by atoms with E-state index in [2.05, 4.69) is 36.1 Å². The fourth-order valence-corrected chi connectivity index (χ4v) is 5.72. The van der Waals surface area contributed by atoms with Crippen LogP contribution in [-0.2, 0) is 4.79 Å². The van der Waals surface area contributed by atoms with Crippen LogP contribution >= 0.6 is 11.6 Å². The predicted octanol–water partition coefficient (Wildman–Crippen LogP) is 4.86. The summed E-state index contributed by atoms with van der Waals surface area (Å²) in [6, 6.07) is 23.2. The van der Waals surface area contributed by atoms with Crippen LogP contribution in [0.4, 0.5) is 5.69 Å². The van der Waals surface area contributed by atoms with E-state index in [1.165, 1.54) is 11.3 Å². The second-order valence-corrected chi connectivity index (χ2v) is 10.2. The number of carbonyl (C=O) groups excluding carboxylic acids is 2. The molecule has 6 nitrogen and oxygen atoms in total. The quantitative estimate of drug-likeness (QED) is 0.485. The molecule has 3 aromatic rings. The number of amides is 2. The zero-order valence-corrected chi connectivity index (χ0v) is 22.0. The molecule has 3 aromatic carbocycles. The molecule has 0 aromatic heterocycles. The number of rotatable bonds is 5. The van der Waals surface area contributed by atoms with Crippen molar-refractivity contribution in [1.82, 2.24) is 9.80 Å². The topological polar surface area (TPSA) is 53.1 Å². The van der Waals surface area contributed by atoms with Crippen molar-refractivity contribution < 1.29 is 14.3 Å². The number of methoxy groups -OCH3 is 1. The van der Waals surface area contributed by atoms with Crippen molar-refractivity contribution in [3.05, 3.63) is 94.5 Å². The molecule has 0 aliphatic carbocycles. The highest BCUT2D eigenvalue weighted by Crippen LogP contribution is 2.36. The van der Waals surface area contributed by atoms with Crippen molar-refractivity contribution in [3.63, 3.8) is 0 Å². The first kappa shape index (κ1) is 25.2. The minimum absolute atomic E-state index is 0.0871. The fourth-order valence-electron chi connectivity index (χ4n) is 5.53. The molecule has 2 fully saturated rings. The average molecular weight is 518 g/mol. The van der Waals surface area contributed by atoms with Gasteiger partial charge in [-0.2, -0.15) is 0 Å². The van der Waals surface area contributed by atoms with Gasteiger partial charge in [-0.1, -0.05) is 48.0 Å². The predicted molar refractivity (Wildman–Crippen MR) is 147 cm³/mol. The standard InChI is InChI=1S/C30H32ClN3O3/c1-21-6-3-4-9-28(21)32-14-16-33(17-15-32)30(36)27-20-34(29(35)23-7-5-8-24(31)18-23)19-26(27)22-10-12-25(37-2)13-11-22/h3-13,18,26-27H,14-17,19-20H2,1-2H3/t26-,27+/m1/s1. The van der Waals surface area contributed by atoms with E-state index in [1.54, 1.807) is 36.3 Å². The lowest BCUT2D eigenvalue weighted by Gasteiger charge is -2.38. The third-order valence-corrected chi connectivity index (χ3v) is 7.82. The number of hydrogen-bond acceptors (Lipinski definition) is 4. The van der Waals surface area contributed by atoms with Gasteiger partial charge in [0.1, 0.15) is 5.75 Å². The smallest absolute Gasteiger partial charge is 0.253 e. The largest absolute Gasteiger partial charge is 0.497 e. The normalized spacial score (nSPS) is 19.7. The molecule has 0 saturated carbocycles. The highest BCUT2D eigenvalue weighted by atomic mass is 35.5. The van der Waals surface area contributed by atoms with E-state index in [0.717, 1.165) is 24.4 Å². The van der Waals surface area contributed by atoms with E-state index in [1.807, 2.05) is 29.2 Å². The Morgan fingerprint density at radius 1 is 0.865 bits per heavy atom. The molecule has 37 heavy (non-hydrogen) atoms. The van der Waals surface area contributed by atoms with Gasteiger partial charge in [0.25, 0.3) is 5.91 Å². The van der Waals surface area contributed by atoms with E-state index in [4.69, 9.17) is 16.3 Å². The van der Waals surface area contributed by atoms with Crippen LogP contribution in [0.1, 0.15) is 27.4 Å². The number of halogens is 1. The second-order valence-electron chi connectivity index (χ2n) is 9.81. The number of anilines is 1. The van der Waals surface area contributed by atoms with Gasteiger partial charge < -0.3 is 19.4 Å². The summed E-state index contributed by atoms with van der Waals surface area (Å²) < 4.78 is 5.33. The van der Waals surface area contributed by atoms with Crippen LogP contribution in [0.25, 0.3) is 0 Å². The summed E-state index contributed by atoms with van der Waals surface area (Å²) in [5.41, 5.74) is 4.05. The molecule has 0 radical (unpaired) electrons. The van der Waals surface area contributed by atoms with E-state index in [0.29, 0.717) is 36.8 Å². The Balaban J connectivity index is 1.35. The van der Waals surface area contributed by atoms with Crippen LogP contribution in [0, 0.1) is 12.8 Å². The molecule has 0 bridgehead atoms. The van der Waals surface area contributed by atoms with Crippen LogP contribution in [0.3, 0.4) is 0 Å². The number of piperazine rings is 1. The minimum Gasteiger partial charge on any atom is -0.497 e. The van der Waals surface area contributed by atoms with E-state index in [-0.39, 0.29) is 23.7 Å². The Morgan fingerprint density at radius 2 is 1.59 bits per heavy atom. The molecule has 2 amide bonds. The number of hydrogen-bond donors (Lipinski definition) is 0. The molecule has 2 saturated heterocycles. The number of para-hydroxylation sites is 1. The molecule has 0 N–H and O–H groups in total. The van der Waals surface area contributed by atoms with Crippen LogP contribution < -0.4 is 9.64 Å². The van der Waals surface area contributed by atoms with Crippen LogP contribution in [0.2, 0.25) is 5.02 Å². The van der Waals surface area contributed by atoms with Crippen molar-refractivity contribution in [3.8, 4) is 5.75 Å². The zero-order valence-electron chi connectivity index (χ0n) is 21.3. The molecule has 5 rings (SSSR count). The van der Waals surface area contributed by atoms with Gasteiger partial charge >= 0.3 is 0 Å². The molecule has 2 heterocycles. The summed E-state index contributed by atoms with van der Waals surface area (Å²) in [5, 5.41) is 0.524. The number of ether oxygens (including phenoxy) is 1. The number of nitrogens with zero attached hydrogens (tertiary/aromatic N) is 3. The summed E-state index contributed by atoms with van der Waals surface area (Å²) in [7, 11) is 1.64. The fraction of sp³-hybridized carbons (Fsp3) is 0.333. The molecule has 7 heteroatoms. The lowest BCUT2D eigenvalue weighted by Crippen LogP contribution is -2.51. The van der Waals surface area contributed by atoms with Gasteiger partial charge in [0.15, 0.2) is 0 Å². The summed E-state index contributed by atoms with van der Waals surface area (Å²) in [4.78, 5) is 33.4. The van der Waals surface area contributed by atoms with E-state index in [9.17, 15) is 9.59 Å². The number of aryl methyl sites for hydroxylation is 1. The number of benzene rings is 3. The first-order valence-corrected chi connectivity index (χ1v) is 13.1. The Morgan fingerprint density at radius 3 is 2.27 bits per heavy atom. The average Bonchev–Trinajstić information content (AvgIpc) is 3.38. The Bertz CT molecular complexity index is 1270. The molecule has 2 aliphatic heterocycles. The van der Waals surface area contributed by atoms with Crippen molar-refractivity contribution in [1.29, 1.82) is 0 Å². The molecular formula is C30H32ClN3O3. The lowest BCUT2D eigenvalue weighted by atomic mass is 9.87. The second kappa shape index (κ2) is 10.9. The third-order valence-electron chi connectivity index (χ3n) is 7.59. The van der Waals surface area contributed by atoms with Gasteiger partial charge in [-0.05, 0) is 54.4 Å². The molecule has 2 atom stereocenters. The van der Waals surface area contributed by atoms with E-state index < -0.39 is 0 Å². The summed E-state index contributed by atoms with van der Waals surface area (Å²) in [5.74, 6) is 0.397. The van der Waals surface area contributed by atoms with Crippen LogP contribution in [0.5, 0.6) is 5.75 Å². The Labute approximate surface area is 223 Å². The maximum absolute atomic E-state index is 13.9. The lowest BCUT2D eigenvalue weighted by molar-refractivity contribution is -0.135. The van der Waals surface area contributed by atoms with Gasteiger partial charge in [-0.3, -0.25) is 9.59 Å². The van der Waals surface area contributed by atoms with Crippen LogP contribution in [-0.4, -0.2) is 68.0 Å². The Kier molecular flexibility index (Phi) is 7.38. The van der Waals surface area contributed by atoms with Crippen LogP contribution in [0.15, 0.2) is 72.8 Å². The van der Waals surface area contributed by atoms with Gasteiger partial charge in [-0.25, -0.2) is 0 Å². The van der Waals surface area contributed by atoms with Gasteiger partial charge in [0.05, 0.1) is 13.0 Å². The minimum atomic E-state index is -0.304. The van der Waals surface area contributed by atoms with Crippen molar-refractivity contribution in [2.45, 2.75) is 12.8 Å². The van der Waals surface area contributed by atoms with Gasteiger partial charge in [-0.15, -0.1) is 0 Å². The van der Waals surface area contributed by atoms with Crippen molar-refractivity contribution in [2.75, 3.05) is 51.3 Å². The molecule has 2 aliphatic rings. The zero-order chi connectivity index (χ0) is 25.9. The first-order chi connectivity index (χ1) is 17.9. The summed E-state index contributed by atoms with van der Waals surface area (Å²) >= 11 is 6.15. The molecule has 0 unspecified atom stereocenters. The maximum atomic E-state index is 13.9. The highest BCUT2D eigenvalue weighted by Gasteiger charge is 2.42. The van der Waals surface area contributed by atoms with Crippen molar-refractivity contribution >= 4 is 29.1 Å². The molecule has 0 spiro atoms. The third kappa shape index (κ3) is 5.30. The Hall–Kier alpha value is -3.51. The van der Waals surface area contributed by atoms with Gasteiger partial charge in [0.2, 0.25) is 5.91 Å². The van der Waals surface area contributed by atoms with Gasteiger partial charge in [0, 0.05) is 61.5 Å². The van der Waals surface area contributed by atoms with E-state index >= 15 is 0 Å². The number of carbonyl (C=O) groups is 2. The van der Waals surface area contributed by atoms with Crippen molar-refractivity contribution in [2.24, 2.45) is 5.92 Å². The first-order valence-electron chi connectivity index (χ1n) is 12.7. The number of likely N-dealkylation sites (tertiary alicyclic amines) is 1. The maximum Gasteiger partial charge on any atom is 0.253 e. The SMILES string of the molecule is COc1ccc([C@H]2CN(C(=O)c3cccc(Cl)c3)C[C@@H]2C(=O)N2CCN(c3ccccc3C)CC2)cc1. The summed E-state index contributed by atoms with van der Waals surface area (Å²) in [6.07, 6.45) is 0. The monoisotopic (exact) mass is 517 g/mol. The summed E-state index contributed by atoms with van der Waals surface area (Å²) in [6.45, 7) is 5.92.